The zero-order valence-corrected chi connectivity index (χ0v) is 12.2. The number of hydrogen-bond donors (Lipinski definition) is 1. The maximum absolute atomic E-state index is 11.9. The Morgan fingerprint density at radius 2 is 2.06 bits per heavy atom. The third-order valence-electron chi connectivity index (χ3n) is 3.40. The quantitative estimate of drug-likeness (QED) is 0.786. The number of amides is 1. The number of aryl methyl sites for hydroxylation is 2. The Labute approximate surface area is 115 Å². The first-order valence-corrected chi connectivity index (χ1v) is 6.95. The summed E-state index contributed by atoms with van der Waals surface area (Å²) in [5.41, 5.74) is 2.18. The SMILES string of the molecule is CCC(C)(CCl)NC(=O)CCc1ccccc1C. The van der Waals surface area contributed by atoms with Crippen LogP contribution in [0.4, 0.5) is 0 Å². The molecule has 1 rings (SSSR count). The topological polar surface area (TPSA) is 29.1 Å². The molecule has 18 heavy (non-hydrogen) atoms. The van der Waals surface area contributed by atoms with E-state index < -0.39 is 0 Å². The van der Waals surface area contributed by atoms with Crippen molar-refractivity contribution in [2.45, 2.75) is 45.6 Å². The molecular weight excluding hydrogens is 246 g/mol. The molecule has 0 bridgehead atoms. The number of halogens is 1. The molecule has 0 aromatic heterocycles. The van der Waals surface area contributed by atoms with Gasteiger partial charge in [-0.05, 0) is 37.8 Å². The van der Waals surface area contributed by atoms with E-state index in [1.807, 2.05) is 26.0 Å². The fourth-order valence-corrected chi connectivity index (χ4v) is 2.01. The van der Waals surface area contributed by atoms with Crippen LogP contribution in [0.1, 0.15) is 37.8 Å². The summed E-state index contributed by atoms with van der Waals surface area (Å²) in [5, 5.41) is 3.01. The van der Waals surface area contributed by atoms with Gasteiger partial charge in [-0.15, -0.1) is 11.6 Å². The van der Waals surface area contributed by atoms with E-state index in [-0.39, 0.29) is 11.4 Å². The lowest BCUT2D eigenvalue weighted by Crippen LogP contribution is -2.47. The number of carbonyl (C=O) groups is 1. The Kier molecular flexibility index (Phi) is 5.67. The number of alkyl halides is 1. The molecule has 1 N–H and O–H groups in total. The lowest BCUT2D eigenvalue weighted by molar-refractivity contribution is -0.122. The molecule has 2 nitrogen and oxygen atoms in total. The van der Waals surface area contributed by atoms with Crippen molar-refractivity contribution in [1.29, 1.82) is 0 Å². The van der Waals surface area contributed by atoms with Gasteiger partial charge in [0.25, 0.3) is 0 Å². The predicted octanol–water partition coefficient (Wildman–Crippen LogP) is 3.45. The number of rotatable bonds is 6. The van der Waals surface area contributed by atoms with Gasteiger partial charge in [0.2, 0.25) is 5.91 Å². The maximum Gasteiger partial charge on any atom is 0.220 e. The van der Waals surface area contributed by atoms with Gasteiger partial charge < -0.3 is 5.32 Å². The first kappa shape index (κ1) is 15.0. The largest absolute Gasteiger partial charge is 0.350 e. The van der Waals surface area contributed by atoms with Crippen LogP contribution in [0.2, 0.25) is 0 Å². The predicted molar refractivity (Wildman–Crippen MR) is 77.1 cm³/mol. The first-order chi connectivity index (χ1) is 8.50. The monoisotopic (exact) mass is 267 g/mol. The number of benzene rings is 1. The van der Waals surface area contributed by atoms with Crippen LogP contribution < -0.4 is 5.32 Å². The second kappa shape index (κ2) is 6.79. The molecule has 0 saturated heterocycles. The minimum absolute atomic E-state index is 0.0725. The van der Waals surface area contributed by atoms with Crippen LogP contribution in [0.3, 0.4) is 0 Å². The Morgan fingerprint density at radius 3 is 2.61 bits per heavy atom. The van der Waals surface area contributed by atoms with Crippen LogP contribution in [0, 0.1) is 6.92 Å². The molecule has 100 valence electrons. The highest BCUT2D eigenvalue weighted by Crippen LogP contribution is 2.13. The van der Waals surface area contributed by atoms with E-state index in [4.69, 9.17) is 11.6 Å². The molecule has 1 atom stereocenters. The van der Waals surface area contributed by atoms with E-state index in [1.54, 1.807) is 0 Å². The van der Waals surface area contributed by atoms with Crippen LogP contribution in [0.5, 0.6) is 0 Å². The summed E-state index contributed by atoms with van der Waals surface area (Å²) in [6, 6.07) is 8.17. The fourth-order valence-electron chi connectivity index (χ4n) is 1.75. The van der Waals surface area contributed by atoms with Crippen LogP contribution in [-0.4, -0.2) is 17.3 Å². The van der Waals surface area contributed by atoms with Gasteiger partial charge in [-0.25, -0.2) is 0 Å². The third kappa shape index (κ3) is 4.34. The highest BCUT2D eigenvalue weighted by Gasteiger charge is 2.22. The van der Waals surface area contributed by atoms with Crippen molar-refractivity contribution in [2.24, 2.45) is 0 Å². The second-order valence-electron chi connectivity index (χ2n) is 5.02. The van der Waals surface area contributed by atoms with Crippen molar-refractivity contribution >= 4 is 17.5 Å². The van der Waals surface area contributed by atoms with Crippen molar-refractivity contribution in [3.63, 3.8) is 0 Å². The average molecular weight is 268 g/mol. The van der Waals surface area contributed by atoms with E-state index in [9.17, 15) is 4.79 Å². The van der Waals surface area contributed by atoms with Gasteiger partial charge in [0.05, 0.1) is 5.54 Å². The summed E-state index contributed by atoms with van der Waals surface area (Å²) < 4.78 is 0. The molecule has 0 spiro atoms. The highest BCUT2D eigenvalue weighted by molar-refractivity contribution is 6.18. The smallest absolute Gasteiger partial charge is 0.220 e. The molecule has 3 heteroatoms. The van der Waals surface area contributed by atoms with Crippen molar-refractivity contribution in [1.82, 2.24) is 5.32 Å². The number of hydrogen-bond acceptors (Lipinski definition) is 1. The molecule has 1 aromatic carbocycles. The Morgan fingerprint density at radius 1 is 1.39 bits per heavy atom. The lowest BCUT2D eigenvalue weighted by Gasteiger charge is -2.27. The van der Waals surface area contributed by atoms with Gasteiger partial charge in [-0.2, -0.15) is 0 Å². The minimum atomic E-state index is -0.287. The van der Waals surface area contributed by atoms with E-state index in [2.05, 4.69) is 24.4 Å². The van der Waals surface area contributed by atoms with Crippen molar-refractivity contribution in [2.75, 3.05) is 5.88 Å². The molecule has 0 aliphatic rings. The molecular formula is C15H22ClNO. The maximum atomic E-state index is 11.9. The van der Waals surface area contributed by atoms with Crippen LogP contribution >= 0.6 is 11.6 Å². The van der Waals surface area contributed by atoms with Crippen molar-refractivity contribution in [3.8, 4) is 0 Å². The molecule has 0 fully saturated rings. The van der Waals surface area contributed by atoms with Crippen LogP contribution in [0.15, 0.2) is 24.3 Å². The molecule has 1 aromatic rings. The van der Waals surface area contributed by atoms with E-state index in [0.717, 1.165) is 12.8 Å². The number of carbonyl (C=O) groups excluding carboxylic acids is 1. The minimum Gasteiger partial charge on any atom is -0.350 e. The van der Waals surface area contributed by atoms with Crippen LogP contribution in [-0.2, 0) is 11.2 Å². The summed E-state index contributed by atoms with van der Waals surface area (Å²) >= 11 is 5.88. The molecule has 1 amide bonds. The Balaban J connectivity index is 2.50. The van der Waals surface area contributed by atoms with Gasteiger partial charge in [0.1, 0.15) is 0 Å². The Hall–Kier alpha value is -1.02. The molecule has 0 aliphatic carbocycles. The van der Waals surface area contributed by atoms with Gasteiger partial charge in [0, 0.05) is 12.3 Å². The third-order valence-corrected chi connectivity index (χ3v) is 3.99. The second-order valence-corrected chi connectivity index (χ2v) is 5.29. The molecule has 0 heterocycles. The number of nitrogens with one attached hydrogen (secondary N) is 1. The summed E-state index contributed by atoms with van der Waals surface area (Å²) in [4.78, 5) is 11.9. The standard InChI is InChI=1S/C15H22ClNO/c1-4-15(3,11-16)17-14(18)10-9-13-8-6-5-7-12(13)2/h5-8H,4,9-11H2,1-3H3,(H,17,18). The highest BCUT2D eigenvalue weighted by atomic mass is 35.5. The average Bonchev–Trinajstić information content (AvgIpc) is 2.37. The zero-order chi connectivity index (χ0) is 13.6. The fraction of sp³-hybridized carbons (Fsp3) is 0.533. The molecule has 0 radical (unpaired) electrons. The van der Waals surface area contributed by atoms with Gasteiger partial charge >= 0.3 is 0 Å². The molecule has 0 aliphatic heterocycles. The van der Waals surface area contributed by atoms with Gasteiger partial charge in [0.15, 0.2) is 0 Å². The summed E-state index contributed by atoms with van der Waals surface area (Å²) in [6.07, 6.45) is 2.13. The van der Waals surface area contributed by atoms with Crippen molar-refractivity contribution < 1.29 is 4.79 Å². The van der Waals surface area contributed by atoms with E-state index in [1.165, 1.54) is 11.1 Å². The van der Waals surface area contributed by atoms with Gasteiger partial charge in [-0.3, -0.25) is 4.79 Å². The van der Waals surface area contributed by atoms with E-state index in [0.29, 0.717) is 12.3 Å². The normalized spacial score (nSPS) is 14.0. The molecule has 0 saturated carbocycles. The van der Waals surface area contributed by atoms with Gasteiger partial charge in [-0.1, -0.05) is 31.2 Å². The van der Waals surface area contributed by atoms with Crippen molar-refractivity contribution in [3.05, 3.63) is 35.4 Å². The summed E-state index contributed by atoms with van der Waals surface area (Å²) in [7, 11) is 0. The lowest BCUT2D eigenvalue weighted by atomic mass is 10.00. The molecule has 1 unspecified atom stereocenters. The Bertz CT molecular complexity index is 399. The zero-order valence-electron chi connectivity index (χ0n) is 11.4. The van der Waals surface area contributed by atoms with Crippen LogP contribution in [0.25, 0.3) is 0 Å². The summed E-state index contributed by atoms with van der Waals surface area (Å²) in [5.74, 6) is 0.517. The van der Waals surface area contributed by atoms with E-state index >= 15 is 0 Å². The first-order valence-electron chi connectivity index (χ1n) is 6.42. The summed E-state index contributed by atoms with van der Waals surface area (Å²) in [6.45, 7) is 6.08.